The van der Waals surface area contributed by atoms with Crippen molar-refractivity contribution in [2.24, 2.45) is 0 Å². The minimum Gasteiger partial charge on any atom is -0.489 e. The van der Waals surface area contributed by atoms with Crippen LogP contribution in [-0.2, 0) is 16.4 Å². The zero-order valence-corrected chi connectivity index (χ0v) is 20.0. The van der Waals surface area contributed by atoms with Crippen LogP contribution in [0.1, 0.15) is 48.5 Å². The van der Waals surface area contributed by atoms with E-state index in [-0.39, 0.29) is 29.0 Å². The Bertz CT molecular complexity index is 1100. The van der Waals surface area contributed by atoms with Crippen LogP contribution in [0.2, 0.25) is 0 Å². The van der Waals surface area contributed by atoms with Gasteiger partial charge in [-0.3, -0.25) is 9.69 Å². The van der Waals surface area contributed by atoms with E-state index in [4.69, 9.17) is 4.74 Å². The average molecular weight is 475 g/mol. The van der Waals surface area contributed by atoms with Crippen molar-refractivity contribution in [3.63, 3.8) is 0 Å². The van der Waals surface area contributed by atoms with E-state index in [1.807, 2.05) is 4.90 Å². The van der Waals surface area contributed by atoms with Crippen LogP contribution in [0.4, 0.5) is 4.39 Å². The highest BCUT2D eigenvalue weighted by atomic mass is 32.2. The fourth-order valence-corrected chi connectivity index (χ4v) is 5.37. The molecule has 2 saturated heterocycles. The highest BCUT2D eigenvalue weighted by molar-refractivity contribution is 7.90. The molecule has 2 heterocycles. The molecule has 178 valence electrons. The summed E-state index contributed by atoms with van der Waals surface area (Å²) in [7, 11) is -3.26. The van der Waals surface area contributed by atoms with E-state index in [0.29, 0.717) is 18.3 Å². The Balaban J connectivity index is 1.39. The summed E-state index contributed by atoms with van der Waals surface area (Å²) in [5.41, 5.74) is 0.834. The second-order valence-electron chi connectivity index (χ2n) is 9.13. The number of halogens is 1. The number of rotatable bonds is 7. The minimum atomic E-state index is -3.26. The van der Waals surface area contributed by atoms with Gasteiger partial charge in [0.05, 0.1) is 10.5 Å². The normalized spacial score (nSPS) is 21.5. The number of carbonyl (C=O) groups is 1. The molecule has 6 nitrogen and oxygen atoms in total. The van der Waals surface area contributed by atoms with Crippen LogP contribution in [0.25, 0.3) is 0 Å². The third kappa shape index (κ3) is 5.55. The van der Waals surface area contributed by atoms with Crippen LogP contribution in [0.3, 0.4) is 0 Å². The maximum absolute atomic E-state index is 14.9. The summed E-state index contributed by atoms with van der Waals surface area (Å²) in [5.74, 6) is -0.532. The van der Waals surface area contributed by atoms with Crippen molar-refractivity contribution < 1.29 is 22.3 Å². The first-order valence-electron chi connectivity index (χ1n) is 11.5. The van der Waals surface area contributed by atoms with Crippen molar-refractivity contribution >= 4 is 15.7 Å². The number of carbonyl (C=O) groups excluding carboxylic acids is 1. The fraction of sp³-hybridized carbons (Fsp3) is 0.480. The van der Waals surface area contributed by atoms with Gasteiger partial charge in [0, 0.05) is 37.5 Å². The van der Waals surface area contributed by atoms with Gasteiger partial charge in [0.25, 0.3) is 5.91 Å². The lowest BCUT2D eigenvalue weighted by atomic mass is 10.1. The van der Waals surface area contributed by atoms with Crippen LogP contribution in [-0.4, -0.2) is 62.1 Å². The number of amides is 1. The Hall–Kier alpha value is -2.45. The number of hydrogen-bond acceptors (Lipinski definition) is 5. The fourth-order valence-electron chi connectivity index (χ4n) is 4.74. The number of nitrogens with zero attached hydrogens (tertiary/aromatic N) is 2. The van der Waals surface area contributed by atoms with Crippen LogP contribution in [0.5, 0.6) is 5.75 Å². The zero-order valence-electron chi connectivity index (χ0n) is 19.2. The largest absolute Gasteiger partial charge is 0.489 e. The second kappa shape index (κ2) is 9.81. The molecule has 0 bridgehead atoms. The smallest absolute Gasteiger partial charge is 0.257 e. The third-order valence-corrected chi connectivity index (χ3v) is 7.83. The molecule has 33 heavy (non-hydrogen) atoms. The molecule has 2 aromatic carbocycles. The molecule has 0 saturated carbocycles. The molecular weight excluding hydrogens is 443 g/mol. The predicted octanol–water partition coefficient (Wildman–Crippen LogP) is 3.90. The van der Waals surface area contributed by atoms with Crippen molar-refractivity contribution in [1.82, 2.24) is 9.80 Å². The summed E-state index contributed by atoms with van der Waals surface area (Å²) in [4.78, 5) is 17.6. The quantitative estimate of drug-likeness (QED) is 0.609. The van der Waals surface area contributed by atoms with Crippen molar-refractivity contribution in [2.75, 3.05) is 25.9 Å². The van der Waals surface area contributed by atoms with Gasteiger partial charge in [-0.25, -0.2) is 12.8 Å². The lowest BCUT2D eigenvalue weighted by Crippen LogP contribution is -2.44. The van der Waals surface area contributed by atoms with Crippen molar-refractivity contribution in [2.45, 2.75) is 56.2 Å². The Kier molecular flexibility index (Phi) is 7.05. The standard InChI is InChI=1S/C25H31FN2O4S/c1-18-5-3-13-27(18)16-20-6-4-14-28(20)25(29)23-12-9-21(15-24(23)26)32-17-19-7-10-22(11-8-19)33(2,30)31/h7-12,15,18,20H,3-6,13-14,16-17H2,1-2H3/t18-,20+/m1/s1. The van der Waals surface area contributed by atoms with Gasteiger partial charge in [-0.15, -0.1) is 0 Å². The molecular formula is C25H31FN2O4S. The van der Waals surface area contributed by atoms with Crippen molar-refractivity contribution in [3.8, 4) is 5.75 Å². The topological polar surface area (TPSA) is 66.9 Å². The Morgan fingerprint density at radius 2 is 1.82 bits per heavy atom. The summed E-state index contributed by atoms with van der Waals surface area (Å²) in [5, 5.41) is 0. The van der Waals surface area contributed by atoms with Crippen molar-refractivity contribution in [1.29, 1.82) is 0 Å². The van der Waals surface area contributed by atoms with Gasteiger partial charge < -0.3 is 9.64 Å². The van der Waals surface area contributed by atoms with E-state index in [1.54, 1.807) is 18.2 Å². The van der Waals surface area contributed by atoms with Gasteiger partial charge in [-0.2, -0.15) is 0 Å². The second-order valence-corrected chi connectivity index (χ2v) is 11.1. The molecule has 8 heteroatoms. The first-order chi connectivity index (χ1) is 15.7. The molecule has 0 N–H and O–H groups in total. The number of sulfone groups is 1. The summed E-state index contributed by atoms with van der Waals surface area (Å²) < 4.78 is 43.6. The van der Waals surface area contributed by atoms with E-state index in [9.17, 15) is 17.6 Å². The highest BCUT2D eigenvalue weighted by Gasteiger charge is 2.33. The van der Waals surface area contributed by atoms with E-state index in [0.717, 1.165) is 37.8 Å². The minimum absolute atomic E-state index is 0.0706. The Labute approximate surface area is 195 Å². The maximum atomic E-state index is 14.9. The lowest BCUT2D eigenvalue weighted by molar-refractivity contribution is 0.0692. The Morgan fingerprint density at radius 3 is 2.45 bits per heavy atom. The zero-order chi connectivity index (χ0) is 23.6. The van der Waals surface area contributed by atoms with E-state index < -0.39 is 15.7 Å². The summed E-state index contributed by atoms with van der Waals surface area (Å²) in [6.07, 6.45) is 5.44. The molecule has 0 radical (unpaired) electrons. The molecule has 0 unspecified atom stereocenters. The number of ether oxygens (including phenoxy) is 1. The van der Waals surface area contributed by atoms with Gasteiger partial charge in [0.15, 0.2) is 9.84 Å². The predicted molar refractivity (Wildman–Crippen MR) is 125 cm³/mol. The molecule has 4 rings (SSSR count). The summed E-state index contributed by atoms with van der Waals surface area (Å²) >= 11 is 0. The molecule has 2 aromatic rings. The lowest BCUT2D eigenvalue weighted by Gasteiger charge is -2.31. The van der Waals surface area contributed by atoms with Gasteiger partial charge in [-0.05, 0) is 69.0 Å². The molecule has 0 aliphatic carbocycles. The molecule has 1 amide bonds. The molecule has 2 fully saturated rings. The van der Waals surface area contributed by atoms with Crippen LogP contribution >= 0.6 is 0 Å². The molecule has 2 aliphatic heterocycles. The van der Waals surface area contributed by atoms with Gasteiger partial charge in [0.2, 0.25) is 0 Å². The van der Waals surface area contributed by atoms with Gasteiger partial charge in [-0.1, -0.05) is 12.1 Å². The maximum Gasteiger partial charge on any atom is 0.257 e. The van der Waals surface area contributed by atoms with Crippen LogP contribution in [0, 0.1) is 5.82 Å². The molecule has 0 spiro atoms. The number of likely N-dealkylation sites (tertiary alicyclic amines) is 2. The monoisotopic (exact) mass is 474 g/mol. The van der Waals surface area contributed by atoms with E-state index in [1.165, 1.54) is 37.1 Å². The van der Waals surface area contributed by atoms with E-state index in [2.05, 4.69) is 11.8 Å². The highest BCUT2D eigenvalue weighted by Crippen LogP contribution is 2.26. The first-order valence-corrected chi connectivity index (χ1v) is 13.4. The molecule has 2 atom stereocenters. The van der Waals surface area contributed by atoms with Crippen molar-refractivity contribution in [3.05, 3.63) is 59.4 Å². The summed E-state index contributed by atoms with van der Waals surface area (Å²) in [6, 6.07) is 11.4. The average Bonchev–Trinajstić information content (AvgIpc) is 3.41. The molecule has 0 aromatic heterocycles. The van der Waals surface area contributed by atoms with E-state index >= 15 is 0 Å². The first kappa shape index (κ1) is 23.7. The van der Waals surface area contributed by atoms with Gasteiger partial charge >= 0.3 is 0 Å². The van der Waals surface area contributed by atoms with Crippen LogP contribution < -0.4 is 4.74 Å². The third-order valence-electron chi connectivity index (χ3n) is 6.70. The SMILES string of the molecule is C[C@@H]1CCCN1C[C@@H]1CCCN1C(=O)c1ccc(OCc2ccc(S(C)(=O)=O)cc2)cc1F. The molecule has 2 aliphatic rings. The number of hydrogen-bond donors (Lipinski definition) is 0. The van der Waals surface area contributed by atoms with Gasteiger partial charge in [0.1, 0.15) is 18.2 Å². The summed E-state index contributed by atoms with van der Waals surface area (Å²) in [6.45, 7) is 4.98. The number of benzene rings is 2. The van der Waals surface area contributed by atoms with Crippen LogP contribution in [0.15, 0.2) is 47.4 Å². The Morgan fingerprint density at radius 1 is 1.09 bits per heavy atom.